The Morgan fingerprint density at radius 1 is 1.56 bits per heavy atom. The second kappa shape index (κ2) is 6.04. The number of aryl methyl sites for hydroxylation is 1. The number of carbonyl (C=O) groups excluding carboxylic acids is 1. The normalized spacial score (nSPS) is 18.1. The molecular formula is C13H19ClN2OS. The van der Waals surface area contributed by atoms with Gasteiger partial charge in [-0.15, -0.1) is 11.3 Å². The van der Waals surface area contributed by atoms with Gasteiger partial charge < -0.3 is 10.6 Å². The third-order valence-electron chi connectivity index (χ3n) is 3.19. The van der Waals surface area contributed by atoms with Gasteiger partial charge in [0.2, 0.25) is 5.91 Å². The maximum Gasteiger partial charge on any atom is 0.222 e. The molecule has 1 amide bonds. The third kappa shape index (κ3) is 3.25. The Hall–Kier alpha value is -0.580. The van der Waals surface area contributed by atoms with Crippen molar-refractivity contribution in [3.63, 3.8) is 0 Å². The van der Waals surface area contributed by atoms with Crippen molar-refractivity contribution in [2.45, 2.75) is 32.7 Å². The van der Waals surface area contributed by atoms with Crippen LogP contribution in [0.3, 0.4) is 0 Å². The van der Waals surface area contributed by atoms with E-state index in [1.165, 1.54) is 10.4 Å². The first-order chi connectivity index (χ1) is 8.58. The summed E-state index contributed by atoms with van der Waals surface area (Å²) in [6.07, 6.45) is 2.25. The highest BCUT2D eigenvalue weighted by Gasteiger charge is 2.24. The van der Waals surface area contributed by atoms with Crippen LogP contribution in [0.5, 0.6) is 0 Å². The minimum atomic E-state index is 0.0544. The van der Waals surface area contributed by atoms with E-state index in [4.69, 9.17) is 11.6 Å². The first-order valence-corrected chi connectivity index (χ1v) is 7.56. The Labute approximate surface area is 117 Å². The van der Waals surface area contributed by atoms with E-state index in [1.807, 2.05) is 13.8 Å². The van der Waals surface area contributed by atoms with Crippen molar-refractivity contribution in [2.24, 2.45) is 5.92 Å². The minimum Gasteiger partial charge on any atom is -0.355 e. The molecule has 0 aliphatic heterocycles. The number of carbonyl (C=O) groups is 1. The van der Waals surface area contributed by atoms with E-state index < -0.39 is 0 Å². The van der Waals surface area contributed by atoms with E-state index in [2.05, 4.69) is 16.7 Å². The third-order valence-corrected chi connectivity index (χ3v) is 4.53. The molecule has 0 bridgehead atoms. The van der Waals surface area contributed by atoms with Gasteiger partial charge in [-0.1, -0.05) is 25.4 Å². The molecule has 1 unspecified atom stereocenters. The molecule has 1 heterocycles. The number of halogens is 1. The van der Waals surface area contributed by atoms with Gasteiger partial charge in [-0.25, -0.2) is 0 Å². The Morgan fingerprint density at radius 3 is 3.06 bits per heavy atom. The predicted molar refractivity (Wildman–Crippen MR) is 76.2 cm³/mol. The molecule has 5 heteroatoms. The Kier molecular flexibility index (Phi) is 4.65. The first kappa shape index (κ1) is 13.8. The standard InChI is InChI=1S/C13H19ClN2OS/c1-8(2)13(17)16-6-5-15-10-3-4-11-9(10)7-12(14)18-11/h7-8,10,15H,3-6H2,1-2H3,(H,16,17). The summed E-state index contributed by atoms with van der Waals surface area (Å²) in [6, 6.07) is 2.47. The van der Waals surface area contributed by atoms with Crippen LogP contribution in [0.15, 0.2) is 6.07 Å². The lowest BCUT2D eigenvalue weighted by molar-refractivity contribution is -0.123. The summed E-state index contributed by atoms with van der Waals surface area (Å²) in [7, 11) is 0. The van der Waals surface area contributed by atoms with Gasteiger partial charge in [-0.2, -0.15) is 0 Å². The molecule has 3 nitrogen and oxygen atoms in total. The molecule has 1 aliphatic rings. The van der Waals surface area contributed by atoms with Crippen LogP contribution in [0.1, 0.15) is 36.8 Å². The molecule has 1 aromatic heterocycles. The Morgan fingerprint density at radius 2 is 2.33 bits per heavy atom. The summed E-state index contributed by atoms with van der Waals surface area (Å²) in [5.74, 6) is 0.168. The number of hydrogen-bond acceptors (Lipinski definition) is 3. The smallest absolute Gasteiger partial charge is 0.222 e. The Balaban J connectivity index is 1.74. The average Bonchev–Trinajstić information content (AvgIpc) is 2.84. The van der Waals surface area contributed by atoms with Gasteiger partial charge in [-0.3, -0.25) is 4.79 Å². The second-order valence-electron chi connectivity index (χ2n) is 4.92. The zero-order valence-electron chi connectivity index (χ0n) is 10.8. The van der Waals surface area contributed by atoms with E-state index in [9.17, 15) is 4.79 Å². The fourth-order valence-corrected chi connectivity index (χ4v) is 3.54. The molecule has 0 saturated heterocycles. The number of hydrogen-bond donors (Lipinski definition) is 2. The first-order valence-electron chi connectivity index (χ1n) is 6.37. The summed E-state index contributed by atoms with van der Waals surface area (Å²) < 4.78 is 0.875. The topological polar surface area (TPSA) is 41.1 Å². The summed E-state index contributed by atoms with van der Waals surface area (Å²) in [6.45, 7) is 5.29. The number of fused-ring (bicyclic) bond motifs is 1. The van der Waals surface area contributed by atoms with E-state index in [-0.39, 0.29) is 11.8 Å². The molecule has 2 N–H and O–H groups in total. The highest BCUT2D eigenvalue weighted by molar-refractivity contribution is 7.16. The van der Waals surface area contributed by atoms with Crippen LogP contribution in [0.25, 0.3) is 0 Å². The highest BCUT2D eigenvalue weighted by Crippen LogP contribution is 2.39. The van der Waals surface area contributed by atoms with Crippen LogP contribution >= 0.6 is 22.9 Å². The van der Waals surface area contributed by atoms with Gasteiger partial charge >= 0.3 is 0 Å². The lowest BCUT2D eigenvalue weighted by Gasteiger charge is -2.14. The fraction of sp³-hybridized carbons (Fsp3) is 0.615. The largest absolute Gasteiger partial charge is 0.355 e. The van der Waals surface area contributed by atoms with E-state index >= 15 is 0 Å². The van der Waals surface area contributed by atoms with Crippen LogP contribution in [0.4, 0.5) is 0 Å². The highest BCUT2D eigenvalue weighted by atomic mass is 35.5. The second-order valence-corrected chi connectivity index (χ2v) is 6.69. The molecule has 2 rings (SSSR count). The summed E-state index contributed by atoms with van der Waals surface area (Å²) >= 11 is 7.70. The maximum atomic E-state index is 11.4. The van der Waals surface area contributed by atoms with Crippen molar-refractivity contribution in [1.82, 2.24) is 10.6 Å². The van der Waals surface area contributed by atoms with Crippen molar-refractivity contribution in [1.29, 1.82) is 0 Å². The van der Waals surface area contributed by atoms with Gasteiger partial charge in [0, 0.05) is 29.9 Å². The van der Waals surface area contributed by atoms with E-state index in [1.54, 1.807) is 11.3 Å². The van der Waals surface area contributed by atoms with Crippen LogP contribution in [-0.2, 0) is 11.2 Å². The van der Waals surface area contributed by atoms with Crippen molar-refractivity contribution in [2.75, 3.05) is 13.1 Å². The zero-order valence-corrected chi connectivity index (χ0v) is 12.3. The molecule has 1 aromatic rings. The number of thiophene rings is 1. The minimum absolute atomic E-state index is 0.0544. The SMILES string of the molecule is CC(C)C(=O)NCCNC1CCc2sc(Cl)cc21. The van der Waals surface area contributed by atoms with Gasteiger partial charge in [0.15, 0.2) is 0 Å². The van der Waals surface area contributed by atoms with Gasteiger partial charge in [0.05, 0.1) is 4.34 Å². The average molecular weight is 287 g/mol. The number of nitrogens with one attached hydrogen (secondary N) is 2. The van der Waals surface area contributed by atoms with Crippen LogP contribution in [0.2, 0.25) is 4.34 Å². The van der Waals surface area contributed by atoms with Gasteiger partial charge in [-0.05, 0) is 24.5 Å². The molecule has 0 fully saturated rings. The molecule has 0 radical (unpaired) electrons. The van der Waals surface area contributed by atoms with Crippen LogP contribution in [0, 0.1) is 5.92 Å². The van der Waals surface area contributed by atoms with Gasteiger partial charge in [0.25, 0.3) is 0 Å². The monoisotopic (exact) mass is 286 g/mol. The zero-order chi connectivity index (χ0) is 13.1. The molecule has 0 spiro atoms. The van der Waals surface area contributed by atoms with Crippen molar-refractivity contribution in [3.8, 4) is 0 Å². The summed E-state index contributed by atoms with van der Waals surface area (Å²) in [5, 5.41) is 6.39. The molecule has 0 saturated carbocycles. The van der Waals surface area contributed by atoms with Crippen molar-refractivity contribution in [3.05, 3.63) is 20.8 Å². The lowest BCUT2D eigenvalue weighted by Crippen LogP contribution is -2.35. The lowest BCUT2D eigenvalue weighted by atomic mass is 10.2. The van der Waals surface area contributed by atoms with Crippen molar-refractivity contribution >= 4 is 28.8 Å². The van der Waals surface area contributed by atoms with E-state index in [0.717, 1.165) is 23.7 Å². The van der Waals surface area contributed by atoms with E-state index in [0.29, 0.717) is 12.6 Å². The number of amides is 1. The molecular weight excluding hydrogens is 268 g/mol. The summed E-state index contributed by atoms with van der Waals surface area (Å²) in [5.41, 5.74) is 1.35. The molecule has 100 valence electrons. The molecule has 0 aromatic carbocycles. The summed E-state index contributed by atoms with van der Waals surface area (Å²) in [4.78, 5) is 12.8. The van der Waals surface area contributed by atoms with Gasteiger partial charge in [0.1, 0.15) is 0 Å². The number of rotatable bonds is 5. The quantitative estimate of drug-likeness (QED) is 0.817. The maximum absolute atomic E-state index is 11.4. The Bertz CT molecular complexity index is 431. The van der Waals surface area contributed by atoms with Crippen molar-refractivity contribution < 1.29 is 4.79 Å². The molecule has 1 aliphatic carbocycles. The fourth-order valence-electron chi connectivity index (χ4n) is 2.18. The molecule has 1 atom stereocenters. The molecule has 18 heavy (non-hydrogen) atoms. The van der Waals surface area contributed by atoms with Crippen LogP contribution < -0.4 is 10.6 Å². The van der Waals surface area contributed by atoms with Crippen LogP contribution in [-0.4, -0.2) is 19.0 Å². The predicted octanol–water partition coefficient (Wildman–Crippen LogP) is 2.75.